The third kappa shape index (κ3) is 1.40. The topological polar surface area (TPSA) is 17.8 Å². The van der Waals surface area contributed by atoms with E-state index in [9.17, 15) is 0 Å². The quantitative estimate of drug-likeness (QED) is 0.487. The van der Waals surface area contributed by atoms with E-state index in [1.54, 1.807) is 10.8 Å². The Labute approximate surface area is 83.2 Å². The van der Waals surface area contributed by atoms with E-state index in [1.165, 1.54) is 11.1 Å². The van der Waals surface area contributed by atoms with Crippen LogP contribution < -0.4 is 0 Å². The number of nitrogens with zero attached hydrogens (tertiary/aromatic N) is 2. The summed E-state index contributed by atoms with van der Waals surface area (Å²) in [4.78, 5) is 3.86. The maximum Gasteiger partial charge on any atom is 0.184 e. The molecule has 0 bridgehead atoms. The summed E-state index contributed by atoms with van der Waals surface area (Å²) >= 11 is 0. The molecule has 2 heteroatoms. The number of hydrogen-bond donors (Lipinski definition) is 0. The number of rotatable bonds is 0. The smallest absolute Gasteiger partial charge is 0.184 e. The molecule has 0 N–H and O–H groups in total. The predicted molar refractivity (Wildman–Crippen MR) is 56.6 cm³/mol. The van der Waals surface area contributed by atoms with Gasteiger partial charge in [-0.15, -0.1) is 6.42 Å². The molecule has 0 amide bonds. The van der Waals surface area contributed by atoms with Crippen LogP contribution in [0.25, 0.3) is 11.1 Å². The summed E-state index contributed by atoms with van der Waals surface area (Å²) in [5, 5.41) is 0. The third-order valence-electron chi connectivity index (χ3n) is 2.17. The van der Waals surface area contributed by atoms with Crippen LogP contribution in [0.4, 0.5) is 0 Å². The Morgan fingerprint density at radius 3 is 1.93 bits per heavy atom. The molecule has 0 unspecified atom stereocenters. The van der Waals surface area contributed by atoms with Crippen molar-refractivity contribution in [3.8, 4) is 23.5 Å². The van der Waals surface area contributed by atoms with Crippen molar-refractivity contribution in [3.63, 3.8) is 0 Å². The van der Waals surface area contributed by atoms with Gasteiger partial charge in [-0.2, -0.15) is 0 Å². The zero-order valence-corrected chi connectivity index (χ0v) is 7.94. The Balaban J connectivity index is 0.000000110. The van der Waals surface area contributed by atoms with Gasteiger partial charge in [-0.25, -0.2) is 4.98 Å². The van der Waals surface area contributed by atoms with E-state index in [0.29, 0.717) is 5.82 Å². The fraction of sp³-hybridized carbons (Fsp3) is 0.0833. The van der Waals surface area contributed by atoms with E-state index in [-0.39, 0.29) is 0 Å². The summed E-state index contributed by atoms with van der Waals surface area (Å²) in [6, 6.07) is 8.48. The molecule has 3 rings (SSSR count). The molecule has 0 atom stereocenters. The van der Waals surface area contributed by atoms with Gasteiger partial charge in [0, 0.05) is 19.4 Å². The lowest BCUT2D eigenvalue weighted by Crippen LogP contribution is -1.88. The first kappa shape index (κ1) is 8.58. The Hall–Kier alpha value is -2.01. The zero-order valence-electron chi connectivity index (χ0n) is 7.94. The second kappa shape index (κ2) is 3.39. The SMILES string of the molecule is C#Cc1nccn1C.c1cc2ccc1-2. The lowest BCUT2D eigenvalue weighted by Gasteiger charge is -2.10. The first-order chi connectivity index (χ1) is 6.81. The number of terminal acetylenes is 1. The van der Waals surface area contributed by atoms with Crippen LogP contribution >= 0.6 is 0 Å². The minimum absolute atomic E-state index is 0.671. The van der Waals surface area contributed by atoms with Crippen LogP contribution in [0, 0.1) is 12.3 Å². The van der Waals surface area contributed by atoms with Crippen LogP contribution in [0.15, 0.2) is 36.7 Å². The number of fused-ring (bicyclic) bond motifs is 1. The molecule has 0 saturated carbocycles. The highest BCUT2D eigenvalue weighted by Crippen LogP contribution is 2.29. The molecule has 1 aromatic rings. The standard InChI is InChI=1S/C6H6N2.C6H4/c1-3-6-7-4-5-8(6)2;1-2-6-4-3-5(1)6/h1,4-5H,2H3;1-4H. The van der Waals surface area contributed by atoms with Crippen molar-refractivity contribution < 1.29 is 0 Å². The van der Waals surface area contributed by atoms with E-state index < -0.39 is 0 Å². The van der Waals surface area contributed by atoms with E-state index >= 15 is 0 Å². The van der Waals surface area contributed by atoms with Crippen molar-refractivity contribution in [2.75, 3.05) is 0 Å². The molecule has 1 aromatic heterocycles. The molecule has 0 saturated heterocycles. The van der Waals surface area contributed by atoms with E-state index in [4.69, 9.17) is 6.42 Å². The van der Waals surface area contributed by atoms with Gasteiger partial charge in [-0.3, -0.25) is 0 Å². The summed E-state index contributed by atoms with van der Waals surface area (Å²) < 4.78 is 1.79. The Morgan fingerprint density at radius 2 is 1.79 bits per heavy atom. The largest absolute Gasteiger partial charge is 0.327 e. The molecule has 0 aliphatic heterocycles. The summed E-state index contributed by atoms with van der Waals surface area (Å²) in [5.74, 6) is 3.10. The van der Waals surface area contributed by atoms with Gasteiger partial charge < -0.3 is 4.57 Å². The average molecular weight is 182 g/mol. The minimum Gasteiger partial charge on any atom is -0.327 e. The number of benzene rings is 1. The lowest BCUT2D eigenvalue weighted by molar-refractivity contribution is 0.894. The number of aryl methyl sites for hydroxylation is 1. The van der Waals surface area contributed by atoms with Crippen molar-refractivity contribution in [3.05, 3.63) is 42.5 Å². The fourth-order valence-electron chi connectivity index (χ4n) is 1.17. The number of imidazole rings is 1. The van der Waals surface area contributed by atoms with Gasteiger partial charge in [-0.1, -0.05) is 24.3 Å². The van der Waals surface area contributed by atoms with Gasteiger partial charge in [-0.05, 0) is 17.0 Å². The minimum atomic E-state index is 0.671. The molecule has 0 aromatic carbocycles. The van der Waals surface area contributed by atoms with Crippen LogP contribution in [-0.4, -0.2) is 9.55 Å². The van der Waals surface area contributed by atoms with Crippen molar-refractivity contribution in [2.24, 2.45) is 7.05 Å². The molecule has 0 spiro atoms. The van der Waals surface area contributed by atoms with E-state index in [0.717, 1.165) is 0 Å². The van der Waals surface area contributed by atoms with Gasteiger partial charge in [0.2, 0.25) is 0 Å². The highest BCUT2D eigenvalue weighted by atomic mass is 15.0. The molecule has 0 radical (unpaired) electrons. The summed E-state index contributed by atoms with van der Waals surface area (Å²) in [6.45, 7) is 0. The second-order valence-electron chi connectivity index (χ2n) is 3.08. The molecule has 2 nitrogen and oxygen atoms in total. The summed E-state index contributed by atoms with van der Waals surface area (Å²) in [7, 11) is 1.86. The second-order valence-corrected chi connectivity index (χ2v) is 3.08. The molecule has 0 fully saturated rings. The van der Waals surface area contributed by atoms with Gasteiger partial charge >= 0.3 is 0 Å². The van der Waals surface area contributed by atoms with Gasteiger partial charge in [0.15, 0.2) is 5.82 Å². The third-order valence-corrected chi connectivity index (χ3v) is 2.17. The van der Waals surface area contributed by atoms with Crippen LogP contribution in [0.2, 0.25) is 0 Å². The van der Waals surface area contributed by atoms with Crippen LogP contribution in [-0.2, 0) is 7.05 Å². The zero-order chi connectivity index (χ0) is 9.97. The molecular weight excluding hydrogens is 172 g/mol. The first-order valence-electron chi connectivity index (χ1n) is 4.35. The first-order valence-corrected chi connectivity index (χ1v) is 4.35. The molecule has 2 aliphatic carbocycles. The van der Waals surface area contributed by atoms with Crippen molar-refractivity contribution >= 4 is 0 Å². The maximum absolute atomic E-state index is 5.06. The van der Waals surface area contributed by atoms with Crippen molar-refractivity contribution in [1.82, 2.24) is 9.55 Å². The highest BCUT2D eigenvalue weighted by Gasteiger charge is 2.03. The Bertz CT molecular complexity index is 451. The maximum atomic E-state index is 5.06. The summed E-state index contributed by atoms with van der Waals surface area (Å²) in [6.07, 6.45) is 8.55. The van der Waals surface area contributed by atoms with Crippen LogP contribution in [0.5, 0.6) is 0 Å². The van der Waals surface area contributed by atoms with Gasteiger partial charge in [0.25, 0.3) is 0 Å². The molecule has 1 heterocycles. The average Bonchev–Trinajstić information content (AvgIpc) is 2.58. The molecule has 2 aliphatic rings. The number of hydrogen-bond acceptors (Lipinski definition) is 1. The predicted octanol–water partition coefficient (Wildman–Crippen LogP) is 2.07. The molecular formula is C12H10N2. The monoisotopic (exact) mass is 182 g/mol. The van der Waals surface area contributed by atoms with E-state index in [1.807, 2.05) is 13.2 Å². The van der Waals surface area contributed by atoms with Crippen molar-refractivity contribution in [2.45, 2.75) is 0 Å². The molecule has 14 heavy (non-hydrogen) atoms. The van der Waals surface area contributed by atoms with Crippen LogP contribution in [0.3, 0.4) is 0 Å². The van der Waals surface area contributed by atoms with Crippen LogP contribution in [0.1, 0.15) is 5.82 Å². The van der Waals surface area contributed by atoms with Crippen molar-refractivity contribution in [1.29, 1.82) is 0 Å². The fourth-order valence-corrected chi connectivity index (χ4v) is 1.17. The van der Waals surface area contributed by atoms with Gasteiger partial charge in [0.1, 0.15) is 0 Å². The summed E-state index contributed by atoms with van der Waals surface area (Å²) in [5.41, 5.74) is 2.85. The Kier molecular flexibility index (Phi) is 2.08. The Morgan fingerprint density at radius 1 is 1.21 bits per heavy atom. The van der Waals surface area contributed by atoms with Gasteiger partial charge in [0.05, 0.1) is 0 Å². The normalized spacial score (nSPS) is 9.71. The lowest BCUT2D eigenvalue weighted by atomic mass is 9.95. The number of aromatic nitrogens is 2. The van der Waals surface area contributed by atoms with E-state index in [2.05, 4.69) is 35.2 Å². The molecule has 68 valence electrons. The highest BCUT2D eigenvalue weighted by molar-refractivity contribution is 5.75.